The molecule has 1 aliphatic heterocycles. The van der Waals surface area contributed by atoms with E-state index in [0.29, 0.717) is 46.2 Å². The number of carbonyl (C=O) groups excluding carboxylic acids is 1. The van der Waals surface area contributed by atoms with Crippen molar-refractivity contribution in [3.05, 3.63) is 81.1 Å². The zero-order chi connectivity index (χ0) is 23.4. The van der Waals surface area contributed by atoms with Crippen LogP contribution in [0.1, 0.15) is 28.3 Å². The van der Waals surface area contributed by atoms with Crippen LogP contribution >= 0.6 is 46.6 Å². The lowest BCUT2D eigenvalue weighted by atomic mass is 9.87. The van der Waals surface area contributed by atoms with Gasteiger partial charge in [-0.05, 0) is 54.5 Å². The monoisotopic (exact) mass is 521 g/mol. The fourth-order valence-electron chi connectivity index (χ4n) is 4.02. The molecule has 5 nitrogen and oxygen atoms in total. The first-order valence-corrected chi connectivity index (χ1v) is 12.8. The highest BCUT2D eigenvalue weighted by molar-refractivity contribution is 7.98. The summed E-state index contributed by atoms with van der Waals surface area (Å²) < 4.78 is 5.82. The molecule has 2 atom stereocenters. The Morgan fingerprint density at radius 2 is 1.91 bits per heavy atom. The van der Waals surface area contributed by atoms with Gasteiger partial charge in [-0.3, -0.25) is 4.79 Å². The van der Waals surface area contributed by atoms with Crippen molar-refractivity contribution in [1.29, 1.82) is 0 Å². The summed E-state index contributed by atoms with van der Waals surface area (Å²) in [6.07, 6.45) is 5.91. The van der Waals surface area contributed by atoms with Crippen LogP contribution in [0.4, 0.5) is 0 Å². The molecule has 1 aliphatic rings. The fraction of sp³-hybridized carbons (Fsp3) is 0.292. The maximum absolute atomic E-state index is 13.2. The van der Waals surface area contributed by atoms with Crippen LogP contribution in [0.3, 0.4) is 0 Å². The molecule has 3 heterocycles. The van der Waals surface area contributed by atoms with E-state index in [1.807, 2.05) is 35.4 Å². The van der Waals surface area contributed by atoms with Gasteiger partial charge < -0.3 is 9.64 Å². The summed E-state index contributed by atoms with van der Waals surface area (Å²) in [6, 6.07) is 12.9. The average molecular weight is 523 g/mol. The molecule has 1 aromatic carbocycles. The van der Waals surface area contributed by atoms with E-state index in [0.717, 1.165) is 17.0 Å². The van der Waals surface area contributed by atoms with Gasteiger partial charge in [0.05, 0.1) is 32.3 Å². The highest BCUT2D eigenvalue weighted by Crippen LogP contribution is 2.38. The van der Waals surface area contributed by atoms with Crippen LogP contribution in [-0.4, -0.2) is 46.7 Å². The lowest BCUT2D eigenvalue weighted by Crippen LogP contribution is -2.29. The van der Waals surface area contributed by atoms with Gasteiger partial charge in [0.1, 0.15) is 0 Å². The number of rotatable bonds is 7. The maximum atomic E-state index is 13.2. The van der Waals surface area contributed by atoms with Crippen molar-refractivity contribution in [2.75, 3.05) is 26.0 Å². The third-order valence-corrected chi connectivity index (χ3v) is 7.35. The van der Waals surface area contributed by atoms with Crippen LogP contribution < -0.4 is 4.74 Å². The Morgan fingerprint density at radius 1 is 1.06 bits per heavy atom. The zero-order valence-electron chi connectivity index (χ0n) is 17.9. The van der Waals surface area contributed by atoms with Gasteiger partial charge in [0.25, 0.3) is 5.91 Å². The maximum Gasteiger partial charge on any atom is 0.255 e. The number of benzene rings is 1. The average Bonchev–Trinajstić information content (AvgIpc) is 3.26. The Hall–Kier alpha value is -1.99. The van der Waals surface area contributed by atoms with Crippen molar-refractivity contribution in [2.45, 2.75) is 17.4 Å². The smallest absolute Gasteiger partial charge is 0.255 e. The van der Waals surface area contributed by atoms with Gasteiger partial charge in [0, 0.05) is 37.5 Å². The standard InChI is InChI=1S/C24H22Cl3N3O2S/c1-33-23-7-3-16(11-29-23)24(31)30-13-17(8-9-32-22-6-4-18(25)12-28-22)19(14-30)15-2-5-20(26)21(27)10-15/h2-7,10-12,17,19H,8-9,13-14H2,1H3/t17-,19-/m1/s1. The quantitative estimate of drug-likeness (QED) is 0.332. The highest BCUT2D eigenvalue weighted by Gasteiger charge is 2.36. The summed E-state index contributed by atoms with van der Waals surface area (Å²) in [5.74, 6) is 0.806. The Labute approximate surface area is 212 Å². The molecule has 0 unspecified atom stereocenters. The predicted octanol–water partition coefficient (Wildman–Crippen LogP) is 6.48. The molecule has 1 fully saturated rings. The lowest BCUT2D eigenvalue weighted by Gasteiger charge is -2.19. The van der Waals surface area contributed by atoms with E-state index >= 15 is 0 Å². The van der Waals surface area contributed by atoms with E-state index in [-0.39, 0.29) is 17.7 Å². The van der Waals surface area contributed by atoms with Gasteiger partial charge in [-0.15, -0.1) is 11.8 Å². The van der Waals surface area contributed by atoms with Crippen molar-refractivity contribution in [3.8, 4) is 5.88 Å². The number of aromatic nitrogens is 2. The number of hydrogen-bond donors (Lipinski definition) is 0. The van der Waals surface area contributed by atoms with Crippen LogP contribution in [0.2, 0.25) is 15.1 Å². The molecule has 0 bridgehead atoms. The molecule has 1 saturated heterocycles. The van der Waals surface area contributed by atoms with Crippen molar-refractivity contribution in [2.24, 2.45) is 5.92 Å². The molecule has 3 aromatic rings. The van der Waals surface area contributed by atoms with Crippen molar-refractivity contribution < 1.29 is 9.53 Å². The molecule has 172 valence electrons. The molecule has 0 aliphatic carbocycles. The SMILES string of the molecule is CSc1ccc(C(=O)N2C[C@@H](CCOc3ccc(Cl)cn3)[C@@H](c3ccc(Cl)c(Cl)c3)C2)cn1. The number of likely N-dealkylation sites (tertiary alicyclic amines) is 1. The molecule has 1 amide bonds. The Bertz CT molecular complexity index is 1110. The molecule has 4 rings (SSSR count). The summed E-state index contributed by atoms with van der Waals surface area (Å²) in [5, 5.41) is 2.47. The van der Waals surface area contributed by atoms with Crippen LogP contribution in [0.5, 0.6) is 5.88 Å². The summed E-state index contributed by atoms with van der Waals surface area (Å²) in [5.41, 5.74) is 1.65. The molecule has 33 heavy (non-hydrogen) atoms. The normalized spacial score (nSPS) is 17.9. The largest absolute Gasteiger partial charge is 0.478 e. The summed E-state index contributed by atoms with van der Waals surface area (Å²) in [4.78, 5) is 23.6. The summed E-state index contributed by atoms with van der Waals surface area (Å²) in [6.45, 7) is 1.68. The Kier molecular flexibility index (Phi) is 8.02. The lowest BCUT2D eigenvalue weighted by molar-refractivity contribution is 0.0783. The number of hydrogen-bond acceptors (Lipinski definition) is 5. The summed E-state index contributed by atoms with van der Waals surface area (Å²) >= 11 is 19.9. The molecule has 9 heteroatoms. The molecule has 0 N–H and O–H groups in total. The minimum absolute atomic E-state index is 0.0250. The molecule has 0 spiro atoms. The number of amides is 1. The molecule has 0 saturated carbocycles. The van der Waals surface area contributed by atoms with E-state index < -0.39 is 0 Å². The number of carbonyl (C=O) groups is 1. The first kappa shape index (κ1) is 24.1. The highest BCUT2D eigenvalue weighted by atomic mass is 35.5. The second-order valence-corrected chi connectivity index (χ2v) is 9.87. The predicted molar refractivity (Wildman–Crippen MR) is 134 cm³/mol. The van der Waals surface area contributed by atoms with Crippen molar-refractivity contribution >= 4 is 52.5 Å². The fourth-order valence-corrected chi connectivity index (χ4v) is 4.80. The van der Waals surface area contributed by atoms with E-state index in [2.05, 4.69) is 9.97 Å². The van der Waals surface area contributed by atoms with Crippen LogP contribution in [0.15, 0.2) is 59.9 Å². The van der Waals surface area contributed by atoms with Gasteiger partial charge in [-0.25, -0.2) is 9.97 Å². The Morgan fingerprint density at radius 3 is 2.58 bits per heavy atom. The van der Waals surface area contributed by atoms with Gasteiger partial charge in [0.15, 0.2) is 0 Å². The molecule has 0 radical (unpaired) electrons. The number of thioether (sulfide) groups is 1. The third kappa shape index (κ3) is 5.93. The first-order chi connectivity index (χ1) is 15.9. The van der Waals surface area contributed by atoms with E-state index in [1.165, 1.54) is 0 Å². The minimum Gasteiger partial charge on any atom is -0.478 e. The van der Waals surface area contributed by atoms with Crippen LogP contribution in [-0.2, 0) is 0 Å². The zero-order valence-corrected chi connectivity index (χ0v) is 21.0. The topological polar surface area (TPSA) is 55.3 Å². The van der Waals surface area contributed by atoms with Crippen molar-refractivity contribution in [1.82, 2.24) is 14.9 Å². The van der Waals surface area contributed by atoms with E-state index in [9.17, 15) is 4.79 Å². The van der Waals surface area contributed by atoms with Gasteiger partial charge in [-0.2, -0.15) is 0 Å². The molecule has 2 aromatic heterocycles. The minimum atomic E-state index is -0.0250. The van der Waals surface area contributed by atoms with Gasteiger partial charge >= 0.3 is 0 Å². The molecular formula is C24H22Cl3N3O2S. The van der Waals surface area contributed by atoms with E-state index in [4.69, 9.17) is 39.5 Å². The van der Waals surface area contributed by atoms with Crippen LogP contribution in [0, 0.1) is 5.92 Å². The van der Waals surface area contributed by atoms with Gasteiger partial charge in [0.2, 0.25) is 5.88 Å². The second-order valence-electron chi connectivity index (χ2n) is 7.79. The summed E-state index contributed by atoms with van der Waals surface area (Å²) in [7, 11) is 0. The number of pyridine rings is 2. The van der Waals surface area contributed by atoms with Gasteiger partial charge in [-0.1, -0.05) is 40.9 Å². The first-order valence-electron chi connectivity index (χ1n) is 10.4. The third-order valence-electron chi connectivity index (χ3n) is 5.73. The van der Waals surface area contributed by atoms with Crippen molar-refractivity contribution in [3.63, 3.8) is 0 Å². The molecular weight excluding hydrogens is 501 g/mol. The second kappa shape index (κ2) is 11.0. The van der Waals surface area contributed by atoms with Crippen LogP contribution in [0.25, 0.3) is 0 Å². The Balaban J connectivity index is 1.50. The number of halogens is 3. The van der Waals surface area contributed by atoms with E-state index in [1.54, 1.807) is 42.4 Å². The number of ether oxygens (including phenoxy) is 1. The number of nitrogens with zero attached hydrogens (tertiary/aromatic N) is 3.